The van der Waals surface area contributed by atoms with Gasteiger partial charge in [-0.15, -0.1) is 0 Å². The van der Waals surface area contributed by atoms with Crippen LogP contribution in [0.2, 0.25) is 0 Å². The first-order valence-corrected chi connectivity index (χ1v) is 8.09. The van der Waals surface area contributed by atoms with E-state index in [1.807, 2.05) is 45.3 Å². The number of benzene rings is 1. The topological polar surface area (TPSA) is 70.2 Å². The van der Waals surface area contributed by atoms with Gasteiger partial charge >= 0.3 is 0 Å². The number of carbonyl (C=O) groups excluding carboxylic acids is 1. The third-order valence-electron chi connectivity index (χ3n) is 3.55. The molecule has 0 aliphatic heterocycles. The van der Waals surface area contributed by atoms with Gasteiger partial charge < -0.3 is 15.5 Å². The lowest BCUT2D eigenvalue weighted by atomic mass is 10.1. The summed E-state index contributed by atoms with van der Waals surface area (Å²) in [5.41, 5.74) is 2.72. The normalized spacial score (nSPS) is 10.7. The first kappa shape index (κ1) is 17.9. The Morgan fingerprint density at radius 3 is 2.42 bits per heavy atom. The Labute approximate surface area is 143 Å². The van der Waals surface area contributed by atoms with Crippen LogP contribution < -0.4 is 10.6 Å². The van der Waals surface area contributed by atoms with Crippen molar-refractivity contribution in [3.63, 3.8) is 0 Å². The minimum atomic E-state index is -0.172. The molecule has 24 heavy (non-hydrogen) atoms. The van der Waals surface area contributed by atoms with Crippen molar-refractivity contribution >= 4 is 11.9 Å². The van der Waals surface area contributed by atoms with Crippen molar-refractivity contribution in [2.45, 2.75) is 19.9 Å². The predicted octanol–water partition coefficient (Wildman–Crippen LogP) is 2.08. The molecule has 0 aliphatic carbocycles. The molecule has 6 heteroatoms. The van der Waals surface area contributed by atoms with Crippen molar-refractivity contribution in [2.24, 2.45) is 0 Å². The van der Waals surface area contributed by atoms with Crippen LogP contribution in [0.1, 0.15) is 27.9 Å². The highest BCUT2D eigenvalue weighted by Gasteiger charge is 2.07. The van der Waals surface area contributed by atoms with E-state index in [-0.39, 0.29) is 5.91 Å². The second-order valence-electron chi connectivity index (χ2n) is 6.05. The molecule has 0 saturated heterocycles. The molecule has 1 heterocycles. The van der Waals surface area contributed by atoms with Gasteiger partial charge in [0.1, 0.15) is 0 Å². The smallest absolute Gasteiger partial charge is 0.254 e. The van der Waals surface area contributed by atoms with E-state index < -0.39 is 0 Å². The Balaban J connectivity index is 1.79. The molecule has 1 aromatic heterocycles. The lowest BCUT2D eigenvalue weighted by Crippen LogP contribution is -2.23. The van der Waals surface area contributed by atoms with Crippen LogP contribution in [0.15, 0.2) is 36.7 Å². The fourth-order valence-electron chi connectivity index (χ4n) is 2.12. The predicted molar refractivity (Wildman–Crippen MR) is 96.0 cm³/mol. The SMILES string of the molecule is Cc1ccc(CNC(=O)c2cnc(NCCCN(C)C)nc2)cc1. The zero-order valence-corrected chi connectivity index (χ0v) is 14.5. The molecule has 0 bridgehead atoms. The van der Waals surface area contributed by atoms with Gasteiger partial charge in [0.15, 0.2) is 0 Å². The summed E-state index contributed by atoms with van der Waals surface area (Å²) in [6, 6.07) is 8.07. The number of aromatic nitrogens is 2. The number of nitrogens with one attached hydrogen (secondary N) is 2. The number of aryl methyl sites for hydroxylation is 1. The van der Waals surface area contributed by atoms with E-state index in [2.05, 4.69) is 25.5 Å². The van der Waals surface area contributed by atoms with Gasteiger partial charge in [-0.1, -0.05) is 29.8 Å². The van der Waals surface area contributed by atoms with Crippen LogP contribution in [-0.4, -0.2) is 48.0 Å². The Morgan fingerprint density at radius 2 is 1.79 bits per heavy atom. The maximum absolute atomic E-state index is 12.1. The molecule has 0 aliphatic rings. The number of carbonyl (C=O) groups is 1. The lowest BCUT2D eigenvalue weighted by molar-refractivity contribution is 0.0950. The van der Waals surface area contributed by atoms with Gasteiger partial charge in [-0.25, -0.2) is 9.97 Å². The quantitative estimate of drug-likeness (QED) is 0.727. The highest BCUT2D eigenvalue weighted by Crippen LogP contribution is 2.04. The zero-order valence-electron chi connectivity index (χ0n) is 14.5. The third kappa shape index (κ3) is 5.96. The number of nitrogens with zero attached hydrogens (tertiary/aromatic N) is 3. The lowest BCUT2D eigenvalue weighted by Gasteiger charge is -2.10. The van der Waals surface area contributed by atoms with Crippen LogP contribution in [0.4, 0.5) is 5.95 Å². The molecule has 1 amide bonds. The van der Waals surface area contributed by atoms with Crippen LogP contribution in [0.3, 0.4) is 0 Å². The average molecular weight is 327 g/mol. The molecule has 2 aromatic rings. The Morgan fingerprint density at radius 1 is 1.12 bits per heavy atom. The Hall–Kier alpha value is -2.47. The van der Waals surface area contributed by atoms with Gasteiger partial charge in [0.25, 0.3) is 5.91 Å². The first-order chi connectivity index (χ1) is 11.5. The van der Waals surface area contributed by atoms with Crippen molar-refractivity contribution in [1.82, 2.24) is 20.2 Å². The highest BCUT2D eigenvalue weighted by molar-refractivity contribution is 5.93. The van der Waals surface area contributed by atoms with Crippen molar-refractivity contribution in [3.05, 3.63) is 53.3 Å². The van der Waals surface area contributed by atoms with Crippen LogP contribution in [-0.2, 0) is 6.54 Å². The molecule has 0 unspecified atom stereocenters. The third-order valence-corrected chi connectivity index (χ3v) is 3.55. The molecule has 0 radical (unpaired) electrons. The van der Waals surface area contributed by atoms with Gasteiger partial charge in [0.2, 0.25) is 5.95 Å². The molecule has 2 rings (SSSR count). The molecule has 0 spiro atoms. The summed E-state index contributed by atoms with van der Waals surface area (Å²) in [5.74, 6) is 0.374. The molecule has 0 atom stereocenters. The maximum Gasteiger partial charge on any atom is 0.254 e. The fourth-order valence-corrected chi connectivity index (χ4v) is 2.12. The summed E-state index contributed by atoms with van der Waals surface area (Å²) in [4.78, 5) is 22.6. The Kier molecular flexibility index (Phi) is 6.69. The van der Waals surface area contributed by atoms with Crippen molar-refractivity contribution in [3.8, 4) is 0 Å². The van der Waals surface area contributed by atoms with E-state index in [1.165, 1.54) is 5.56 Å². The second-order valence-corrected chi connectivity index (χ2v) is 6.05. The molecule has 2 N–H and O–H groups in total. The average Bonchev–Trinajstić information content (AvgIpc) is 2.58. The van der Waals surface area contributed by atoms with E-state index in [0.717, 1.165) is 25.1 Å². The molecule has 6 nitrogen and oxygen atoms in total. The van der Waals surface area contributed by atoms with Gasteiger partial charge in [0.05, 0.1) is 5.56 Å². The molecule has 0 saturated carbocycles. The van der Waals surface area contributed by atoms with Gasteiger partial charge in [-0.3, -0.25) is 4.79 Å². The van der Waals surface area contributed by atoms with E-state index in [4.69, 9.17) is 0 Å². The highest BCUT2D eigenvalue weighted by atomic mass is 16.1. The van der Waals surface area contributed by atoms with Crippen LogP contribution in [0, 0.1) is 6.92 Å². The summed E-state index contributed by atoms with van der Waals surface area (Å²) in [6.07, 6.45) is 4.10. The van der Waals surface area contributed by atoms with E-state index in [1.54, 1.807) is 12.4 Å². The number of rotatable bonds is 8. The van der Waals surface area contributed by atoms with E-state index >= 15 is 0 Å². The second kappa shape index (κ2) is 8.98. The molecule has 0 fully saturated rings. The number of hydrogen-bond acceptors (Lipinski definition) is 5. The molecule has 128 valence electrons. The molecular formula is C18H25N5O. The van der Waals surface area contributed by atoms with Crippen molar-refractivity contribution in [1.29, 1.82) is 0 Å². The summed E-state index contributed by atoms with van der Waals surface area (Å²) in [5, 5.41) is 6.02. The Bertz CT molecular complexity index is 637. The summed E-state index contributed by atoms with van der Waals surface area (Å²) in [6.45, 7) is 4.34. The first-order valence-electron chi connectivity index (χ1n) is 8.09. The van der Waals surface area contributed by atoms with Crippen molar-refractivity contribution in [2.75, 3.05) is 32.5 Å². The maximum atomic E-state index is 12.1. The molecule has 1 aromatic carbocycles. The van der Waals surface area contributed by atoms with E-state index in [9.17, 15) is 4.79 Å². The van der Waals surface area contributed by atoms with Gasteiger partial charge in [-0.05, 0) is 39.5 Å². The summed E-state index contributed by atoms with van der Waals surface area (Å²) in [7, 11) is 4.08. The van der Waals surface area contributed by atoms with Crippen LogP contribution >= 0.6 is 0 Å². The monoisotopic (exact) mass is 327 g/mol. The minimum Gasteiger partial charge on any atom is -0.354 e. The van der Waals surface area contributed by atoms with Crippen LogP contribution in [0.5, 0.6) is 0 Å². The van der Waals surface area contributed by atoms with Crippen molar-refractivity contribution < 1.29 is 4.79 Å². The summed E-state index contributed by atoms with van der Waals surface area (Å²) < 4.78 is 0. The minimum absolute atomic E-state index is 0.172. The summed E-state index contributed by atoms with van der Waals surface area (Å²) >= 11 is 0. The number of anilines is 1. The fraction of sp³-hybridized carbons (Fsp3) is 0.389. The molecular weight excluding hydrogens is 302 g/mol. The standard InChI is InChI=1S/C18H25N5O/c1-14-5-7-15(8-6-14)11-20-17(24)16-12-21-18(22-13-16)19-9-4-10-23(2)3/h5-8,12-13H,4,9-11H2,1-3H3,(H,20,24)(H,19,21,22). The number of amides is 1. The zero-order chi connectivity index (χ0) is 17.4. The van der Waals surface area contributed by atoms with Gasteiger partial charge in [0, 0.05) is 25.5 Å². The van der Waals surface area contributed by atoms with E-state index in [0.29, 0.717) is 18.1 Å². The van der Waals surface area contributed by atoms with Gasteiger partial charge in [-0.2, -0.15) is 0 Å². The number of hydrogen-bond donors (Lipinski definition) is 2. The largest absolute Gasteiger partial charge is 0.354 e. The van der Waals surface area contributed by atoms with Crippen LogP contribution in [0.25, 0.3) is 0 Å².